The largest absolute Gasteiger partial charge is 0.444 e. The van der Waals surface area contributed by atoms with E-state index in [0.29, 0.717) is 32.4 Å². The Kier molecular flexibility index (Phi) is 8.26. The molecule has 2 N–H and O–H groups in total. The molecule has 0 unspecified atom stereocenters. The van der Waals surface area contributed by atoms with Crippen molar-refractivity contribution in [2.75, 3.05) is 13.1 Å². The Morgan fingerprint density at radius 3 is 2.24 bits per heavy atom. The minimum atomic E-state index is -0.802. The standard InChI is InChI=1S/C26H32FN3O4/c1-26(2,3)34-25(33)30-15-13-21(14-16-30)28-24(32)22(17-18-7-5-4-6-8-18)29-23(31)19-9-11-20(27)12-10-19/h4-12,21-22H,13-17H2,1-3H3,(H,28,32)(H,29,31)/t22-/m0/s1. The number of ether oxygens (including phenoxy) is 1. The molecule has 34 heavy (non-hydrogen) atoms. The van der Waals surface area contributed by atoms with E-state index in [0.717, 1.165) is 5.56 Å². The van der Waals surface area contributed by atoms with Crippen LogP contribution in [0.15, 0.2) is 54.6 Å². The van der Waals surface area contributed by atoms with E-state index in [2.05, 4.69) is 10.6 Å². The number of piperidine rings is 1. The molecule has 0 spiro atoms. The number of carbonyl (C=O) groups excluding carboxylic acids is 3. The third-order valence-corrected chi connectivity index (χ3v) is 5.50. The van der Waals surface area contributed by atoms with Gasteiger partial charge in [-0.2, -0.15) is 0 Å². The van der Waals surface area contributed by atoms with Gasteiger partial charge in [0.05, 0.1) is 0 Å². The SMILES string of the molecule is CC(C)(C)OC(=O)N1CCC(NC(=O)[C@H](Cc2ccccc2)NC(=O)c2ccc(F)cc2)CC1. The summed E-state index contributed by atoms with van der Waals surface area (Å²) in [5.41, 5.74) is 0.620. The van der Waals surface area contributed by atoms with Crippen LogP contribution in [-0.2, 0) is 16.0 Å². The molecule has 3 amide bonds. The summed E-state index contributed by atoms with van der Waals surface area (Å²) in [7, 11) is 0. The molecule has 7 nitrogen and oxygen atoms in total. The van der Waals surface area contributed by atoms with Crippen molar-refractivity contribution in [3.8, 4) is 0 Å². The minimum Gasteiger partial charge on any atom is -0.444 e. The molecule has 1 aliphatic rings. The van der Waals surface area contributed by atoms with Crippen LogP contribution in [-0.4, -0.2) is 53.6 Å². The Bertz CT molecular complexity index is 981. The summed E-state index contributed by atoms with van der Waals surface area (Å²) in [5, 5.41) is 5.81. The molecule has 0 aliphatic carbocycles. The van der Waals surface area contributed by atoms with Crippen LogP contribution < -0.4 is 10.6 Å². The first-order valence-electron chi connectivity index (χ1n) is 11.5. The van der Waals surface area contributed by atoms with Crippen LogP contribution in [0.1, 0.15) is 49.5 Å². The molecule has 3 rings (SSSR count). The lowest BCUT2D eigenvalue weighted by atomic mass is 10.0. The van der Waals surface area contributed by atoms with Gasteiger partial charge in [0.1, 0.15) is 17.5 Å². The van der Waals surface area contributed by atoms with E-state index < -0.39 is 23.4 Å². The van der Waals surface area contributed by atoms with Crippen molar-refractivity contribution in [2.24, 2.45) is 0 Å². The van der Waals surface area contributed by atoms with E-state index in [1.807, 2.05) is 51.1 Å². The monoisotopic (exact) mass is 469 g/mol. The summed E-state index contributed by atoms with van der Waals surface area (Å²) in [6, 6.07) is 13.7. The molecule has 1 saturated heterocycles. The van der Waals surface area contributed by atoms with Gasteiger partial charge < -0.3 is 20.3 Å². The molecule has 1 atom stereocenters. The Labute approximate surface area is 199 Å². The number of rotatable bonds is 6. The second kappa shape index (κ2) is 11.1. The maximum absolute atomic E-state index is 13.2. The number of hydrogen-bond donors (Lipinski definition) is 2. The van der Waals surface area contributed by atoms with Gasteiger partial charge in [0.15, 0.2) is 0 Å². The second-order valence-corrected chi connectivity index (χ2v) is 9.47. The quantitative estimate of drug-likeness (QED) is 0.676. The predicted octanol–water partition coefficient (Wildman–Crippen LogP) is 3.68. The second-order valence-electron chi connectivity index (χ2n) is 9.47. The third-order valence-electron chi connectivity index (χ3n) is 5.50. The highest BCUT2D eigenvalue weighted by molar-refractivity contribution is 5.97. The molecule has 0 bridgehead atoms. The Hall–Kier alpha value is -3.42. The van der Waals surface area contributed by atoms with Crippen molar-refractivity contribution in [3.63, 3.8) is 0 Å². The van der Waals surface area contributed by atoms with Crippen LogP contribution in [0.2, 0.25) is 0 Å². The fraction of sp³-hybridized carbons (Fsp3) is 0.423. The normalized spacial score (nSPS) is 15.4. The molecule has 0 aromatic heterocycles. The van der Waals surface area contributed by atoms with E-state index in [4.69, 9.17) is 4.74 Å². The van der Waals surface area contributed by atoms with Crippen LogP contribution in [0.4, 0.5) is 9.18 Å². The number of nitrogens with one attached hydrogen (secondary N) is 2. The van der Waals surface area contributed by atoms with Crippen molar-refractivity contribution >= 4 is 17.9 Å². The molecular weight excluding hydrogens is 437 g/mol. The molecule has 8 heteroatoms. The number of nitrogens with zero attached hydrogens (tertiary/aromatic N) is 1. The van der Waals surface area contributed by atoms with Crippen molar-refractivity contribution < 1.29 is 23.5 Å². The Morgan fingerprint density at radius 1 is 1.03 bits per heavy atom. The lowest BCUT2D eigenvalue weighted by molar-refractivity contribution is -0.124. The molecule has 2 aromatic carbocycles. The van der Waals surface area contributed by atoms with Gasteiger partial charge in [-0.1, -0.05) is 30.3 Å². The van der Waals surface area contributed by atoms with Crippen molar-refractivity contribution in [1.82, 2.24) is 15.5 Å². The summed E-state index contributed by atoms with van der Waals surface area (Å²) in [5.74, 6) is -1.18. The van der Waals surface area contributed by atoms with Gasteiger partial charge >= 0.3 is 6.09 Å². The molecule has 182 valence electrons. The fourth-order valence-corrected chi connectivity index (χ4v) is 3.74. The van der Waals surface area contributed by atoms with Crippen molar-refractivity contribution in [1.29, 1.82) is 0 Å². The lowest BCUT2D eigenvalue weighted by Crippen LogP contribution is -2.53. The van der Waals surface area contributed by atoms with Gasteiger partial charge in [0.2, 0.25) is 5.91 Å². The van der Waals surface area contributed by atoms with Crippen molar-refractivity contribution in [2.45, 2.75) is 57.7 Å². The number of halogens is 1. The highest BCUT2D eigenvalue weighted by atomic mass is 19.1. The Morgan fingerprint density at radius 2 is 1.65 bits per heavy atom. The number of likely N-dealkylation sites (tertiary alicyclic amines) is 1. The highest BCUT2D eigenvalue weighted by Crippen LogP contribution is 2.16. The molecular formula is C26H32FN3O4. The molecule has 2 aromatic rings. The van der Waals surface area contributed by atoms with Gasteiger partial charge in [0.25, 0.3) is 5.91 Å². The summed E-state index contributed by atoms with van der Waals surface area (Å²) >= 11 is 0. The van der Waals surface area contributed by atoms with E-state index in [9.17, 15) is 18.8 Å². The number of hydrogen-bond acceptors (Lipinski definition) is 4. The summed E-state index contributed by atoms with van der Waals surface area (Å²) < 4.78 is 18.6. The van der Waals surface area contributed by atoms with Crippen LogP contribution in [0.25, 0.3) is 0 Å². The zero-order valence-corrected chi connectivity index (χ0v) is 19.8. The first-order valence-corrected chi connectivity index (χ1v) is 11.5. The maximum Gasteiger partial charge on any atom is 0.410 e. The van der Waals surface area contributed by atoms with E-state index >= 15 is 0 Å². The van der Waals surface area contributed by atoms with E-state index in [-0.39, 0.29) is 23.6 Å². The first kappa shape index (κ1) is 25.2. The number of amides is 3. The van der Waals surface area contributed by atoms with E-state index in [1.54, 1.807) is 4.90 Å². The topological polar surface area (TPSA) is 87.7 Å². The number of carbonyl (C=O) groups is 3. The molecule has 1 fully saturated rings. The zero-order chi connectivity index (χ0) is 24.7. The number of benzene rings is 2. The van der Waals surface area contributed by atoms with Gasteiger partial charge in [-0.25, -0.2) is 9.18 Å². The molecule has 1 aliphatic heterocycles. The summed E-state index contributed by atoms with van der Waals surface area (Å²) in [6.45, 7) is 6.43. The predicted molar refractivity (Wildman–Crippen MR) is 127 cm³/mol. The molecule has 0 radical (unpaired) electrons. The fourth-order valence-electron chi connectivity index (χ4n) is 3.74. The van der Waals surface area contributed by atoms with Crippen LogP contribution in [0.5, 0.6) is 0 Å². The zero-order valence-electron chi connectivity index (χ0n) is 19.8. The average molecular weight is 470 g/mol. The average Bonchev–Trinajstić information content (AvgIpc) is 2.79. The van der Waals surface area contributed by atoms with Gasteiger partial charge in [-0.15, -0.1) is 0 Å². The summed E-state index contributed by atoms with van der Waals surface area (Å²) in [4.78, 5) is 39.8. The van der Waals surface area contributed by atoms with Crippen LogP contribution in [0.3, 0.4) is 0 Å². The van der Waals surface area contributed by atoms with Crippen LogP contribution >= 0.6 is 0 Å². The maximum atomic E-state index is 13.2. The Balaban J connectivity index is 1.62. The van der Waals surface area contributed by atoms with Gasteiger partial charge in [0, 0.05) is 31.1 Å². The third kappa shape index (κ3) is 7.57. The van der Waals surface area contributed by atoms with Gasteiger partial charge in [-0.05, 0) is 63.4 Å². The summed E-state index contributed by atoms with van der Waals surface area (Å²) in [6.07, 6.45) is 1.14. The van der Waals surface area contributed by atoms with Gasteiger partial charge in [-0.3, -0.25) is 9.59 Å². The van der Waals surface area contributed by atoms with Crippen LogP contribution in [0, 0.1) is 5.82 Å². The molecule has 1 heterocycles. The molecule has 0 saturated carbocycles. The smallest absolute Gasteiger partial charge is 0.410 e. The lowest BCUT2D eigenvalue weighted by Gasteiger charge is -2.34. The minimum absolute atomic E-state index is 0.118. The van der Waals surface area contributed by atoms with E-state index in [1.165, 1.54) is 24.3 Å². The highest BCUT2D eigenvalue weighted by Gasteiger charge is 2.29. The van der Waals surface area contributed by atoms with Crippen molar-refractivity contribution in [3.05, 3.63) is 71.5 Å². The first-order chi connectivity index (χ1) is 16.1.